The Balaban J connectivity index is 1.44. The zero-order chi connectivity index (χ0) is 32.1. The largest absolute Gasteiger partial charge is 0.495 e. The van der Waals surface area contributed by atoms with E-state index in [0.717, 1.165) is 11.1 Å². The van der Waals surface area contributed by atoms with E-state index in [1.54, 1.807) is 20.8 Å². The molecule has 2 N–H and O–H groups in total. The number of carbonyl (C=O) groups is 4. The van der Waals surface area contributed by atoms with Crippen LogP contribution in [0, 0.1) is 0 Å². The Morgan fingerprint density at radius 3 is 2.16 bits per heavy atom. The molecular formula is C34H37N3O7S. The summed E-state index contributed by atoms with van der Waals surface area (Å²) in [5, 5.41) is 5.45. The van der Waals surface area contributed by atoms with Crippen LogP contribution in [0.25, 0.3) is 0 Å². The Hall–Kier alpha value is -4.51. The van der Waals surface area contributed by atoms with Gasteiger partial charge in [0.2, 0.25) is 5.91 Å². The Kier molecular flexibility index (Phi) is 9.67. The quantitative estimate of drug-likeness (QED) is 0.223. The molecule has 1 saturated heterocycles. The molecule has 2 aliphatic heterocycles. The highest BCUT2D eigenvalue weighted by Gasteiger charge is 2.52. The first-order valence-electron chi connectivity index (χ1n) is 14.8. The number of ether oxygens (including phenoxy) is 3. The number of thioether (sulfide) groups is 1. The summed E-state index contributed by atoms with van der Waals surface area (Å²) in [4.78, 5) is 54.8. The van der Waals surface area contributed by atoms with Crippen molar-refractivity contribution in [3.8, 4) is 0 Å². The van der Waals surface area contributed by atoms with Gasteiger partial charge in [-0.1, -0.05) is 90.7 Å². The van der Waals surface area contributed by atoms with Crippen LogP contribution in [-0.2, 0) is 28.6 Å². The minimum absolute atomic E-state index is 0.0797. The molecule has 1 fully saturated rings. The molecule has 45 heavy (non-hydrogen) atoms. The molecule has 5 rings (SSSR count). The molecule has 3 atom stereocenters. The SMILES string of the molecule is COC1=C(NC(=O)C(NC(=O)OC(C)(C)C)C2=CCC=CC2)S[C@@H]2CC(=O)N2C1C(=O)OC(c1ccccc1)c1ccccc1. The standard InChI is InChI=1S/C34H37N3O7S/c1-34(2,3)44-33(41)35-26(21-14-8-5-9-15-21)30(39)36-31-29(42-4)27(37-24(38)20-25(37)45-31)32(40)43-28(22-16-10-6-11-17-22)23-18-12-7-13-19-23/h5-8,10-13,15-19,25-28H,9,14,20H2,1-4H3,(H,35,41)(H,36,39)/t25-,26?,27?/m1/s1. The molecule has 10 nitrogen and oxygen atoms in total. The number of methoxy groups -OCH3 is 1. The molecule has 2 unspecified atom stereocenters. The molecule has 0 spiro atoms. The first-order chi connectivity index (χ1) is 21.6. The molecule has 0 radical (unpaired) electrons. The molecule has 0 aromatic heterocycles. The van der Waals surface area contributed by atoms with Gasteiger partial charge >= 0.3 is 12.1 Å². The predicted molar refractivity (Wildman–Crippen MR) is 169 cm³/mol. The summed E-state index contributed by atoms with van der Waals surface area (Å²) in [6, 6.07) is 16.4. The first-order valence-corrected chi connectivity index (χ1v) is 15.6. The predicted octanol–water partition coefficient (Wildman–Crippen LogP) is 5.09. The minimum atomic E-state index is -1.22. The highest BCUT2D eigenvalue weighted by atomic mass is 32.2. The maximum absolute atomic E-state index is 14.0. The van der Waals surface area contributed by atoms with Gasteiger partial charge in [0.25, 0.3) is 5.91 Å². The van der Waals surface area contributed by atoms with Gasteiger partial charge in [-0.05, 0) is 50.3 Å². The maximum atomic E-state index is 14.0. The van der Waals surface area contributed by atoms with E-state index in [-0.39, 0.29) is 23.1 Å². The summed E-state index contributed by atoms with van der Waals surface area (Å²) in [7, 11) is 1.38. The Labute approximate surface area is 266 Å². The normalized spacial score (nSPS) is 20.0. The van der Waals surface area contributed by atoms with Crippen molar-refractivity contribution in [3.05, 3.63) is 106 Å². The van der Waals surface area contributed by atoms with Gasteiger partial charge in [-0.2, -0.15) is 0 Å². The Bertz CT molecular complexity index is 1490. The summed E-state index contributed by atoms with van der Waals surface area (Å²) in [5.74, 6) is -1.37. The summed E-state index contributed by atoms with van der Waals surface area (Å²) >= 11 is 1.21. The van der Waals surface area contributed by atoms with Crippen molar-refractivity contribution in [2.45, 2.75) is 69.2 Å². The zero-order valence-electron chi connectivity index (χ0n) is 25.6. The van der Waals surface area contributed by atoms with Gasteiger partial charge in [-0.3, -0.25) is 9.59 Å². The lowest BCUT2D eigenvalue weighted by Gasteiger charge is -2.47. The van der Waals surface area contributed by atoms with Crippen LogP contribution in [0.15, 0.2) is 95.3 Å². The lowest BCUT2D eigenvalue weighted by Crippen LogP contribution is -2.62. The zero-order valence-corrected chi connectivity index (χ0v) is 26.5. The number of benzene rings is 2. The topological polar surface area (TPSA) is 123 Å². The van der Waals surface area contributed by atoms with E-state index in [9.17, 15) is 19.2 Å². The first kappa shape index (κ1) is 31.9. The van der Waals surface area contributed by atoms with Gasteiger partial charge in [-0.25, -0.2) is 9.59 Å². The molecule has 2 aromatic rings. The van der Waals surface area contributed by atoms with Crippen molar-refractivity contribution >= 4 is 35.6 Å². The van der Waals surface area contributed by atoms with Crippen molar-refractivity contribution in [1.29, 1.82) is 0 Å². The van der Waals surface area contributed by atoms with Crippen LogP contribution in [0.4, 0.5) is 4.79 Å². The molecule has 1 aliphatic carbocycles. The van der Waals surface area contributed by atoms with E-state index in [1.165, 1.54) is 23.8 Å². The Morgan fingerprint density at radius 2 is 1.62 bits per heavy atom. The van der Waals surface area contributed by atoms with E-state index < -0.39 is 47.1 Å². The number of rotatable bonds is 9. The third-order valence-corrected chi connectivity index (χ3v) is 8.61. The molecule has 0 saturated carbocycles. The molecule has 3 aliphatic rings. The van der Waals surface area contributed by atoms with Gasteiger partial charge in [0, 0.05) is 0 Å². The highest BCUT2D eigenvalue weighted by molar-refractivity contribution is 8.03. The summed E-state index contributed by atoms with van der Waals surface area (Å²) in [6.07, 6.45) is 5.59. The van der Waals surface area contributed by atoms with Crippen LogP contribution < -0.4 is 10.6 Å². The monoisotopic (exact) mass is 631 g/mol. The average Bonchev–Trinajstić information content (AvgIpc) is 3.02. The van der Waals surface area contributed by atoms with Gasteiger partial charge in [0.05, 0.1) is 18.9 Å². The van der Waals surface area contributed by atoms with Gasteiger partial charge < -0.3 is 29.7 Å². The number of nitrogens with one attached hydrogen (secondary N) is 2. The van der Waals surface area contributed by atoms with Crippen LogP contribution in [0.3, 0.4) is 0 Å². The minimum Gasteiger partial charge on any atom is -0.495 e. The second-order valence-electron chi connectivity index (χ2n) is 11.8. The summed E-state index contributed by atoms with van der Waals surface area (Å²) < 4.78 is 17.3. The van der Waals surface area contributed by atoms with Gasteiger partial charge in [-0.15, -0.1) is 0 Å². The third-order valence-electron chi connectivity index (χ3n) is 7.40. The van der Waals surface area contributed by atoms with Gasteiger partial charge in [0.1, 0.15) is 16.7 Å². The molecule has 2 heterocycles. The fourth-order valence-corrected chi connectivity index (χ4v) is 6.65. The van der Waals surface area contributed by atoms with Crippen molar-refractivity contribution in [2.75, 3.05) is 7.11 Å². The molecule has 2 aromatic carbocycles. The van der Waals surface area contributed by atoms with Crippen LogP contribution >= 0.6 is 11.8 Å². The fraction of sp³-hybridized carbons (Fsp3) is 0.353. The number of allylic oxidation sites excluding steroid dienone is 3. The number of alkyl carbamates (subject to hydrolysis) is 1. The molecular weight excluding hydrogens is 594 g/mol. The number of carbonyl (C=O) groups excluding carboxylic acids is 4. The number of β-lactam (4-membered cyclic amide) rings is 1. The third kappa shape index (κ3) is 7.42. The average molecular weight is 632 g/mol. The molecule has 0 bridgehead atoms. The second-order valence-corrected chi connectivity index (χ2v) is 13.0. The fourth-order valence-electron chi connectivity index (χ4n) is 5.33. The van der Waals surface area contributed by atoms with Crippen LogP contribution in [0.2, 0.25) is 0 Å². The molecule has 3 amide bonds. The van der Waals surface area contributed by atoms with Crippen LogP contribution in [-0.4, -0.2) is 58.9 Å². The van der Waals surface area contributed by atoms with E-state index >= 15 is 0 Å². The number of fused-ring (bicyclic) bond motifs is 1. The van der Waals surface area contributed by atoms with E-state index in [0.29, 0.717) is 18.4 Å². The summed E-state index contributed by atoms with van der Waals surface area (Å²) in [5.41, 5.74) is 1.46. The molecule has 236 valence electrons. The van der Waals surface area contributed by atoms with E-state index in [4.69, 9.17) is 14.2 Å². The maximum Gasteiger partial charge on any atom is 0.408 e. The number of hydrogen-bond donors (Lipinski definition) is 2. The number of hydrogen-bond acceptors (Lipinski definition) is 8. The lowest BCUT2D eigenvalue weighted by atomic mass is 9.98. The van der Waals surface area contributed by atoms with Gasteiger partial charge in [0.15, 0.2) is 17.9 Å². The lowest BCUT2D eigenvalue weighted by molar-refractivity contribution is -0.164. The van der Waals surface area contributed by atoms with Crippen molar-refractivity contribution < 1.29 is 33.4 Å². The second kappa shape index (κ2) is 13.6. The van der Waals surface area contributed by atoms with Crippen molar-refractivity contribution in [2.24, 2.45) is 0 Å². The number of amides is 3. The number of nitrogens with zero attached hydrogens (tertiary/aromatic N) is 1. The van der Waals surface area contributed by atoms with E-state index in [1.807, 2.05) is 78.9 Å². The summed E-state index contributed by atoms with van der Waals surface area (Å²) in [6.45, 7) is 5.22. The van der Waals surface area contributed by atoms with E-state index in [2.05, 4.69) is 10.6 Å². The highest BCUT2D eigenvalue weighted by Crippen LogP contribution is 2.44. The number of esters is 1. The van der Waals surface area contributed by atoms with Crippen molar-refractivity contribution in [1.82, 2.24) is 15.5 Å². The molecule has 11 heteroatoms. The van der Waals surface area contributed by atoms with Crippen molar-refractivity contribution in [3.63, 3.8) is 0 Å². The smallest absolute Gasteiger partial charge is 0.408 e. The van der Waals surface area contributed by atoms with Crippen LogP contribution in [0.1, 0.15) is 57.3 Å². The van der Waals surface area contributed by atoms with Crippen LogP contribution in [0.5, 0.6) is 0 Å². The Morgan fingerprint density at radius 1 is 0.978 bits per heavy atom.